The van der Waals surface area contributed by atoms with Crippen molar-refractivity contribution in [3.63, 3.8) is 0 Å². The molecule has 4 aromatic rings. The summed E-state index contributed by atoms with van der Waals surface area (Å²) >= 11 is 11.9. The molecule has 0 radical (unpaired) electrons. The summed E-state index contributed by atoms with van der Waals surface area (Å²) in [6, 6.07) is 8.44. The maximum Gasteiger partial charge on any atom is 0.139 e. The average molecular weight is 659 g/mol. The number of unbranched alkanes of at least 4 members (excludes halogenated alkanes) is 6. The lowest BCUT2D eigenvalue weighted by Crippen LogP contribution is -1.98. The number of rotatable bonds is 14. The number of thiophene rings is 2. The van der Waals surface area contributed by atoms with Crippen molar-refractivity contribution >= 4 is 77.3 Å². The van der Waals surface area contributed by atoms with Crippen molar-refractivity contribution < 1.29 is 9.47 Å². The Morgan fingerprint density at radius 2 is 1.14 bits per heavy atom. The van der Waals surface area contributed by atoms with Crippen LogP contribution >= 0.6 is 66.3 Å². The molecule has 0 amide bonds. The minimum absolute atomic E-state index is 0.731. The molecule has 4 nitrogen and oxygen atoms in total. The summed E-state index contributed by atoms with van der Waals surface area (Å²) in [7, 11) is 0. The minimum atomic E-state index is 0.731. The van der Waals surface area contributed by atoms with Gasteiger partial charge in [0.2, 0.25) is 0 Å². The third-order valence-electron chi connectivity index (χ3n) is 5.75. The smallest absolute Gasteiger partial charge is 0.139 e. The molecule has 0 fully saturated rings. The molecule has 188 valence electrons. The zero-order valence-electron chi connectivity index (χ0n) is 20.1. The van der Waals surface area contributed by atoms with E-state index in [-0.39, 0.29) is 0 Å². The van der Waals surface area contributed by atoms with Gasteiger partial charge in [-0.05, 0) is 44.7 Å². The highest BCUT2D eigenvalue weighted by atomic mass is 79.9. The molecule has 3 heterocycles. The number of halogens is 2. The number of aromatic nitrogens is 2. The van der Waals surface area contributed by atoms with Gasteiger partial charge >= 0.3 is 0 Å². The zero-order valence-corrected chi connectivity index (χ0v) is 25.7. The molecule has 0 saturated carbocycles. The van der Waals surface area contributed by atoms with Crippen LogP contribution in [0.15, 0.2) is 31.8 Å². The second-order valence-electron chi connectivity index (χ2n) is 8.43. The van der Waals surface area contributed by atoms with Gasteiger partial charge in [-0.1, -0.05) is 64.5 Å². The number of hydrogen-bond acceptors (Lipinski definition) is 7. The SMILES string of the molecule is CCCCCCOc1cc(Br)sc1-c1ccc(-c2sc(Br)cc2OCCCCCC)c2nsnc12. The Morgan fingerprint density at radius 1 is 0.686 bits per heavy atom. The molecule has 0 saturated heterocycles. The highest BCUT2D eigenvalue weighted by Crippen LogP contribution is 2.48. The molecule has 0 atom stereocenters. The first-order valence-electron chi connectivity index (χ1n) is 12.2. The van der Waals surface area contributed by atoms with Crippen LogP contribution in [0.5, 0.6) is 11.5 Å². The number of hydrogen-bond donors (Lipinski definition) is 0. The first-order valence-corrected chi connectivity index (χ1v) is 16.2. The van der Waals surface area contributed by atoms with Crippen LogP contribution in [0.25, 0.3) is 31.9 Å². The fourth-order valence-electron chi connectivity index (χ4n) is 3.94. The number of benzene rings is 1. The molecule has 0 aliphatic carbocycles. The van der Waals surface area contributed by atoms with Gasteiger partial charge in [-0.25, -0.2) is 0 Å². The number of nitrogens with zero attached hydrogens (tertiary/aromatic N) is 2. The van der Waals surface area contributed by atoms with Crippen molar-refractivity contribution in [3.05, 3.63) is 31.8 Å². The van der Waals surface area contributed by atoms with Crippen LogP contribution < -0.4 is 9.47 Å². The molecule has 9 heteroatoms. The first kappa shape index (κ1) is 27.0. The number of fused-ring (bicyclic) bond motifs is 1. The van der Waals surface area contributed by atoms with Crippen molar-refractivity contribution in [2.75, 3.05) is 13.2 Å². The molecule has 0 bridgehead atoms. The Morgan fingerprint density at radius 3 is 1.57 bits per heavy atom. The third kappa shape index (κ3) is 6.86. The maximum absolute atomic E-state index is 6.21. The van der Waals surface area contributed by atoms with Crippen molar-refractivity contribution in [2.24, 2.45) is 0 Å². The molecular weight excluding hydrogens is 628 g/mol. The average Bonchev–Trinajstić information content (AvgIpc) is 3.57. The molecule has 0 unspecified atom stereocenters. The zero-order chi connectivity index (χ0) is 24.6. The molecular formula is C26H30Br2N2O2S3. The lowest BCUT2D eigenvalue weighted by Gasteiger charge is -2.10. The summed E-state index contributed by atoms with van der Waals surface area (Å²) in [6.45, 7) is 5.91. The van der Waals surface area contributed by atoms with Crippen molar-refractivity contribution in [3.8, 4) is 32.4 Å². The second kappa shape index (κ2) is 13.5. The van der Waals surface area contributed by atoms with Crippen molar-refractivity contribution in [1.82, 2.24) is 8.75 Å². The highest BCUT2D eigenvalue weighted by Gasteiger charge is 2.21. The van der Waals surface area contributed by atoms with Crippen molar-refractivity contribution in [2.45, 2.75) is 65.2 Å². The monoisotopic (exact) mass is 656 g/mol. The van der Waals surface area contributed by atoms with E-state index in [9.17, 15) is 0 Å². The van der Waals surface area contributed by atoms with Crippen molar-refractivity contribution in [1.29, 1.82) is 0 Å². The summed E-state index contributed by atoms with van der Waals surface area (Å²) in [5.41, 5.74) is 3.95. The fraction of sp³-hybridized carbons (Fsp3) is 0.462. The highest BCUT2D eigenvalue weighted by molar-refractivity contribution is 9.11. The van der Waals surface area contributed by atoms with E-state index in [2.05, 4.69) is 70.0 Å². The minimum Gasteiger partial charge on any atom is -0.492 e. The topological polar surface area (TPSA) is 44.2 Å². The van der Waals surface area contributed by atoms with E-state index in [1.54, 1.807) is 22.7 Å². The van der Waals surface area contributed by atoms with Crippen LogP contribution in [0.2, 0.25) is 0 Å². The van der Waals surface area contributed by atoms with E-state index in [4.69, 9.17) is 18.2 Å². The lowest BCUT2D eigenvalue weighted by atomic mass is 10.1. The Labute approximate surface area is 236 Å². The van der Waals surface area contributed by atoms with Crippen LogP contribution in [0.3, 0.4) is 0 Å². The Bertz CT molecular complexity index is 1140. The van der Waals surface area contributed by atoms with Crippen LogP contribution in [-0.4, -0.2) is 22.0 Å². The third-order valence-corrected chi connectivity index (χ3v) is 9.59. The largest absolute Gasteiger partial charge is 0.492 e. The Balaban J connectivity index is 1.60. The molecule has 0 aliphatic heterocycles. The molecule has 4 rings (SSSR count). The summed E-state index contributed by atoms with van der Waals surface area (Å²) < 4.78 is 23.9. The fourth-order valence-corrected chi connectivity index (χ4v) is 7.61. The molecule has 0 spiro atoms. The summed E-state index contributed by atoms with van der Waals surface area (Å²) in [6.07, 6.45) is 9.49. The Hall–Kier alpha value is -1.00. The summed E-state index contributed by atoms with van der Waals surface area (Å²) in [5, 5.41) is 0. The van der Waals surface area contributed by atoms with Gasteiger partial charge in [0.25, 0.3) is 0 Å². The van der Waals surface area contributed by atoms with Gasteiger partial charge in [-0.3, -0.25) is 0 Å². The quantitative estimate of drug-likeness (QED) is 0.127. The van der Waals surface area contributed by atoms with Gasteiger partial charge in [0.1, 0.15) is 22.5 Å². The van der Waals surface area contributed by atoms with Gasteiger partial charge < -0.3 is 9.47 Å². The standard InChI is InChI=1S/C26H30Br2N2O2S3/c1-3-5-7-9-13-31-19-15-21(27)33-25(19)17-11-12-18(24-23(17)29-35-30-24)26-20(16-22(28)34-26)32-14-10-8-6-4-2/h11-12,15-16H,3-10,13-14H2,1-2H3. The van der Waals surface area contributed by atoms with E-state index in [1.807, 2.05) is 0 Å². The van der Waals surface area contributed by atoms with Gasteiger partial charge in [-0.15, -0.1) is 22.7 Å². The van der Waals surface area contributed by atoms with Crippen LogP contribution in [-0.2, 0) is 0 Å². The predicted molar refractivity (Wildman–Crippen MR) is 159 cm³/mol. The normalized spacial score (nSPS) is 11.4. The Kier molecular flexibility index (Phi) is 10.4. The van der Waals surface area contributed by atoms with E-state index < -0.39 is 0 Å². The maximum atomic E-state index is 6.21. The van der Waals surface area contributed by atoms with Gasteiger partial charge in [0.15, 0.2) is 0 Å². The van der Waals surface area contributed by atoms with Gasteiger partial charge in [0.05, 0.1) is 42.3 Å². The first-order chi connectivity index (χ1) is 17.1. The summed E-state index contributed by atoms with van der Waals surface area (Å²) in [4.78, 5) is 2.19. The molecule has 0 N–H and O–H groups in total. The molecule has 3 aromatic heterocycles. The van der Waals surface area contributed by atoms with Crippen LogP contribution in [0, 0.1) is 0 Å². The van der Waals surface area contributed by atoms with E-state index in [0.29, 0.717) is 0 Å². The van der Waals surface area contributed by atoms with Crippen LogP contribution in [0.1, 0.15) is 65.2 Å². The predicted octanol–water partition coefficient (Wildman–Crippen LogP) is 10.6. The van der Waals surface area contributed by atoms with Gasteiger partial charge in [-0.2, -0.15) is 8.75 Å². The molecule has 0 aliphatic rings. The van der Waals surface area contributed by atoms with E-state index >= 15 is 0 Å². The summed E-state index contributed by atoms with van der Waals surface area (Å²) in [5.74, 6) is 1.82. The molecule has 35 heavy (non-hydrogen) atoms. The van der Waals surface area contributed by atoms with Crippen LogP contribution in [0.4, 0.5) is 0 Å². The van der Waals surface area contributed by atoms with Gasteiger partial charge in [0, 0.05) is 23.3 Å². The number of ether oxygens (including phenoxy) is 2. The molecule has 1 aromatic carbocycles. The van der Waals surface area contributed by atoms with E-state index in [1.165, 1.54) is 50.3 Å². The lowest BCUT2D eigenvalue weighted by molar-refractivity contribution is 0.307. The second-order valence-corrected chi connectivity index (χ2v) is 13.8. The van der Waals surface area contributed by atoms with E-state index in [0.717, 1.165) is 77.0 Å².